The van der Waals surface area contributed by atoms with E-state index in [1.807, 2.05) is 31.7 Å². The third-order valence-corrected chi connectivity index (χ3v) is 4.18. The minimum Gasteiger partial charge on any atom is -0.369 e. The summed E-state index contributed by atoms with van der Waals surface area (Å²) in [5, 5.41) is 13.1. The lowest BCUT2D eigenvalue weighted by atomic mass is 10.1. The van der Waals surface area contributed by atoms with Gasteiger partial charge in [0.25, 0.3) is 0 Å². The van der Waals surface area contributed by atoms with E-state index in [0.717, 1.165) is 11.5 Å². The van der Waals surface area contributed by atoms with Crippen molar-refractivity contribution in [3.8, 4) is 6.07 Å². The van der Waals surface area contributed by atoms with Gasteiger partial charge in [0.05, 0.1) is 6.04 Å². The number of carbonyl (C=O) groups is 1. The van der Waals surface area contributed by atoms with Gasteiger partial charge in [0.2, 0.25) is 5.91 Å². The molecule has 1 saturated heterocycles. The third-order valence-electron chi connectivity index (χ3n) is 3.03. The van der Waals surface area contributed by atoms with Gasteiger partial charge in [0, 0.05) is 18.5 Å². The molecule has 0 aromatic carbocycles. The highest BCUT2D eigenvalue weighted by molar-refractivity contribution is 7.10. The number of nitriles is 1. The minimum absolute atomic E-state index is 0.00431. The van der Waals surface area contributed by atoms with E-state index in [2.05, 4.69) is 9.69 Å². The average molecular weight is 299 g/mol. The fraction of sp³-hybridized carbons (Fsp3) is 0.583. The van der Waals surface area contributed by atoms with Gasteiger partial charge in [-0.2, -0.15) is 9.64 Å². The van der Waals surface area contributed by atoms with Crippen LogP contribution in [0.25, 0.3) is 0 Å². The summed E-state index contributed by atoms with van der Waals surface area (Å²) in [5.74, 6) is 0.124. The number of hydrogen-bond acceptors (Lipinski definition) is 5. The molecule has 1 aliphatic rings. The van der Waals surface area contributed by atoms with E-state index in [1.165, 1.54) is 0 Å². The van der Waals surface area contributed by atoms with Crippen LogP contribution in [0.15, 0.2) is 0 Å². The lowest BCUT2D eigenvalue weighted by Gasteiger charge is -2.32. The fourth-order valence-electron chi connectivity index (χ4n) is 2.10. The van der Waals surface area contributed by atoms with Crippen LogP contribution in [0, 0.1) is 11.3 Å². The zero-order valence-corrected chi connectivity index (χ0v) is 12.6. The predicted molar refractivity (Wildman–Crippen MR) is 75.3 cm³/mol. The standard InChI is InChI=1S/C12H15ClN4OS/c1-12(2,3)17-6-7(4-9(17)18)15-11-8(5-14)10(13)16-19-11/h7,15H,4,6H2,1-3H3. The molecule has 1 aromatic heterocycles. The van der Waals surface area contributed by atoms with Gasteiger partial charge in [-0.25, -0.2) is 0 Å². The SMILES string of the molecule is CC(C)(C)N1CC(Nc2snc(Cl)c2C#N)CC1=O. The van der Waals surface area contributed by atoms with Crippen LogP contribution in [0.2, 0.25) is 5.15 Å². The van der Waals surface area contributed by atoms with Crippen molar-refractivity contribution in [1.82, 2.24) is 9.27 Å². The lowest BCUT2D eigenvalue weighted by molar-refractivity contribution is -0.131. The molecular weight excluding hydrogens is 284 g/mol. The van der Waals surface area contributed by atoms with E-state index in [1.54, 1.807) is 0 Å². The Hall–Kier alpha value is -1.32. The first-order chi connectivity index (χ1) is 8.82. The van der Waals surface area contributed by atoms with Gasteiger partial charge >= 0.3 is 0 Å². The fourth-order valence-corrected chi connectivity index (χ4v) is 3.12. The molecule has 19 heavy (non-hydrogen) atoms. The first kappa shape index (κ1) is 14.1. The van der Waals surface area contributed by atoms with E-state index < -0.39 is 0 Å². The summed E-state index contributed by atoms with van der Waals surface area (Å²) < 4.78 is 3.94. The van der Waals surface area contributed by atoms with Crippen LogP contribution in [0.3, 0.4) is 0 Å². The molecule has 1 N–H and O–H groups in total. The van der Waals surface area contributed by atoms with Gasteiger partial charge in [-0.15, -0.1) is 0 Å². The molecule has 1 amide bonds. The molecule has 1 aliphatic heterocycles. The monoisotopic (exact) mass is 298 g/mol. The summed E-state index contributed by atoms with van der Waals surface area (Å²) in [6.45, 7) is 6.66. The minimum atomic E-state index is -0.184. The van der Waals surface area contributed by atoms with Crippen LogP contribution in [-0.4, -0.2) is 33.3 Å². The highest BCUT2D eigenvalue weighted by Crippen LogP contribution is 2.30. The number of likely N-dealkylation sites (tertiary alicyclic amines) is 1. The number of anilines is 1. The van der Waals surface area contributed by atoms with Gasteiger partial charge in [-0.3, -0.25) is 4.79 Å². The second-order valence-electron chi connectivity index (χ2n) is 5.51. The van der Waals surface area contributed by atoms with Crippen LogP contribution in [0.1, 0.15) is 32.8 Å². The Balaban J connectivity index is 2.10. The summed E-state index contributed by atoms with van der Waals surface area (Å²) in [6.07, 6.45) is 0.428. The van der Waals surface area contributed by atoms with Crippen molar-refractivity contribution < 1.29 is 4.79 Å². The second-order valence-corrected chi connectivity index (χ2v) is 6.64. The molecule has 2 heterocycles. The van der Waals surface area contributed by atoms with E-state index in [9.17, 15) is 4.79 Å². The van der Waals surface area contributed by atoms with Gasteiger partial charge in [0.1, 0.15) is 16.6 Å². The van der Waals surface area contributed by atoms with Crippen LogP contribution in [0.5, 0.6) is 0 Å². The van der Waals surface area contributed by atoms with Crippen molar-refractivity contribution in [3.05, 3.63) is 10.7 Å². The summed E-state index contributed by atoms with van der Waals surface area (Å²) >= 11 is 6.97. The number of nitrogens with one attached hydrogen (secondary N) is 1. The molecular formula is C12H15ClN4OS. The summed E-state index contributed by atoms with van der Waals surface area (Å²) in [4.78, 5) is 13.8. The van der Waals surface area contributed by atoms with Crippen LogP contribution < -0.4 is 5.32 Å². The van der Waals surface area contributed by atoms with Gasteiger partial charge in [-0.1, -0.05) is 11.6 Å². The number of carbonyl (C=O) groups excluding carboxylic acids is 1. The molecule has 1 unspecified atom stereocenters. The molecule has 2 rings (SSSR count). The molecule has 0 saturated carbocycles. The summed E-state index contributed by atoms with van der Waals surface area (Å²) in [7, 11) is 0. The number of aromatic nitrogens is 1. The Bertz CT molecular complexity index is 543. The predicted octanol–water partition coefficient (Wildman–Crippen LogP) is 2.48. The maximum atomic E-state index is 12.0. The molecule has 0 spiro atoms. The molecule has 7 heteroatoms. The quantitative estimate of drug-likeness (QED) is 0.910. The lowest BCUT2D eigenvalue weighted by Crippen LogP contribution is -2.43. The molecule has 1 fully saturated rings. The normalized spacial score (nSPS) is 19.6. The molecule has 5 nitrogen and oxygen atoms in total. The molecule has 0 radical (unpaired) electrons. The van der Waals surface area contributed by atoms with Crippen molar-refractivity contribution in [1.29, 1.82) is 5.26 Å². The molecule has 0 bridgehead atoms. The molecule has 1 atom stereocenters. The van der Waals surface area contributed by atoms with Crippen molar-refractivity contribution in [2.45, 2.75) is 38.8 Å². The van der Waals surface area contributed by atoms with E-state index >= 15 is 0 Å². The molecule has 0 aliphatic carbocycles. The van der Waals surface area contributed by atoms with Crippen molar-refractivity contribution in [3.63, 3.8) is 0 Å². The largest absolute Gasteiger partial charge is 0.369 e. The molecule has 1 aromatic rings. The number of halogens is 1. The average Bonchev–Trinajstić information content (AvgIpc) is 2.82. The maximum Gasteiger partial charge on any atom is 0.225 e. The summed E-state index contributed by atoms with van der Waals surface area (Å²) in [6, 6.07) is 2.02. The summed E-state index contributed by atoms with van der Waals surface area (Å²) in [5.41, 5.74) is 0.171. The van der Waals surface area contributed by atoms with Crippen LogP contribution >= 0.6 is 23.1 Å². The zero-order chi connectivity index (χ0) is 14.2. The topological polar surface area (TPSA) is 69.0 Å². The Kier molecular flexibility index (Phi) is 3.70. The number of nitrogens with zero attached hydrogens (tertiary/aromatic N) is 3. The number of rotatable bonds is 2. The van der Waals surface area contributed by atoms with Crippen LogP contribution in [-0.2, 0) is 4.79 Å². The highest BCUT2D eigenvalue weighted by atomic mass is 35.5. The Morgan fingerprint density at radius 1 is 1.58 bits per heavy atom. The van der Waals surface area contributed by atoms with Crippen molar-refractivity contribution in [2.24, 2.45) is 0 Å². The van der Waals surface area contributed by atoms with Crippen LogP contribution in [0.4, 0.5) is 5.00 Å². The smallest absolute Gasteiger partial charge is 0.225 e. The third kappa shape index (κ3) is 2.82. The highest BCUT2D eigenvalue weighted by Gasteiger charge is 2.36. The van der Waals surface area contributed by atoms with E-state index in [4.69, 9.17) is 16.9 Å². The Morgan fingerprint density at radius 3 is 2.79 bits per heavy atom. The second kappa shape index (κ2) is 4.99. The first-order valence-electron chi connectivity index (χ1n) is 5.95. The maximum absolute atomic E-state index is 12.0. The zero-order valence-electron chi connectivity index (χ0n) is 11.0. The molecule has 102 valence electrons. The van der Waals surface area contributed by atoms with E-state index in [0.29, 0.717) is 23.5 Å². The first-order valence-corrected chi connectivity index (χ1v) is 7.10. The van der Waals surface area contributed by atoms with Gasteiger partial charge < -0.3 is 10.2 Å². The van der Waals surface area contributed by atoms with Crippen molar-refractivity contribution in [2.75, 3.05) is 11.9 Å². The Morgan fingerprint density at radius 2 is 2.26 bits per heavy atom. The van der Waals surface area contributed by atoms with E-state index in [-0.39, 0.29) is 22.6 Å². The van der Waals surface area contributed by atoms with Gasteiger partial charge in [-0.05, 0) is 32.3 Å². The Labute approximate surface area is 121 Å². The van der Waals surface area contributed by atoms with Gasteiger partial charge in [0.15, 0.2) is 5.15 Å². The van der Waals surface area contributed by atoms with Crippen molar-refractivity contribution >= 4 is 34.0 Å². The number of hydrogen-bond donors (Lipinski definition) is 1. The number of amides is 1.